The van der Waals surface area contributed by atoms with Crippen LogP contribution in [0.3, 0.4) is 0 Å². The molecule has 0 bridgehead atoms. The number of rotatable bonds is 6. The van der Waals surface area contributed by atoms with Crippen molar-refractivity contribution in [3.05, 3.63) is 66.5 Å². The molecule has 1 amide bonds. The van der Waals surface area contributed by atoms with Gasteiger partial charge in [-0.1, -0.05) is 18.2 Å². The molecule has 0 spiro atoms. The number of piperidine rings is 1. The fourth-order valence-electron chi connectivity index (χ4n) is 4.59. The summed E-state index contributed by atoms with van der Waals surface area (Å²) in [4.78, 5) is 26.5. The average molecular weight is 474 g/mol. The van der Waals surface area contributed by atoms with Gasteiger partial charge in [-0.25, -0.2) is 9.97 Å². The molecule has 0 radical (unpaired) electrons. The van der Waals surface area contributed by atoms with Gasteiger partial charge >= 0.3 is 0 Å². The number of carbonyl (C=O) groups excluding carboxylic acids is 1. The molecule has 1 atom stereocenters. The van der Waals surface area contributed by atoms with Gasteiger partial charge in [0.15, 0.2) is 5.82 Å². The van der Waals surface area contributed by atoms with E-state index in [9.17, 15) is 4.79 Å². The molecule has 1 N–H and O–H groups in total. The zero-order valence-corrected chi connectivity index (χ0v) is 20.0. The summed E-state index contributed by atoms with van der Waals surface area (Å²) in [6, 6.07) is 15.9. The summed E-state index contributed by atoms with van der Waals surface area (Å²) >= 11 is 0. The number of nitrogens with one attached hydrogen (secondary N) is 1. The first-order valence-electron chi connectivity index (χ1n) is 12.2. The van der Waals surface area contributed by atoms with Crippen LogP contribution >= 0.6 is 0 Å². The fraction of sp³-hybridized carbons (Fsp3) is 0.370. The second kappa shape index (κ2) is 10.7. The third-order valence-corrected chi connectivity index (χ3v) is 6.55. The van der Waals surface area contributed by atoms with E-state index in [1.54, 1.807) is 12.4 Å². The molecule has 2 saturated heterocycles. The molecule has 182 valence electrons. The Kier molecular flexibility index (Phi) is 7.09. The molecule has 3 aromatic rings. The monoisotopic (exact) mass is 473 g/mol. The van der Waals surface area contributed by atoms with E-state index in [-0.39, 0.29) is 11.8 Å². The lowest BCUT2D eigenvalue weighted by Crippen LogP contribution is -2.41. The van der Waals surface area contributed by atoms with Gasteiger partial charge in [0, 0.05) is 49.9 Å². The van der Waals surface area contributed by atoms with Crippen molar-refractivity contribution >= 4 is 23.1 Å². The predicted molar refractivity (Wildman–Crippen MR) is 136 cm³/mol. The van der Waals surface area contributed by atoms with Crippen LogP contribution in [0, 0.1) is 12.8 Å². The number of hydrogen-bond acceptors (Lipinski definition) is 7. The van der Waals surface area contributed by atoms with Gasteiger partial charge in [-0.3, -0.25) is 4.79 Å². The van der Waals surface area contributed by atoms with Crippen molar-refractivity contribution < 1.29 is 14.3 Å². The van der Waals surface area contributed by atoms with Gasteiger partial charge in [0.1, 0.15) is 5.75 Å². The van der Waals surface area contributed by atoms with Crippen molar-refractivity contribution in [3.8, 4) is 11.6 Å². The van der Waals surface area contributed by atoms with Crippen molar-refractivity contribution in [1.82, 2.24) is 9.97 Å². The fourth-order valence-corrected chi connectivity index (χ4v) is 4.59. The second-order valence-corrected chi connectivity index (χ2v) is 8.97. The number of benzene rings is 2. The van der Waals surface area contributed by atoms with Crippen LogP contribution in [-0.4, -0.2) is 55.3 Å². The molecule has 3 heterocycles. The van der Waals surface area contributed by atoms with E-state index < -0.39 is 0 Å². The van der Waals surface area contributed by atoms with Gasteiger partial charge in [0.05, 0.1) is 19.1 Å². The molecule has 0 aliphatic carbocycles. The Labute approximate surface area is 205 Å². The van der Waals surface area contributed by atoms with Crippen molar-refractivity contribution in [1.29, 1.82) is 0 Å². The molecule has 0 unspecified atom stereocenters. The van der Waals surface area contributed by atoms with Gasteiger partial charge in [-0.05, 0) is 55.7 Å². The SMILES string of the molecule is Cc1ccccc1Oc1nccnc1N1CCC[C@H](C(=O)Nc2ccc(N3CCOCC3)cc2)C1. The van der Waals surface area contributed by atoms with Gasteiger partial charge in [-0.15, -0.1) is 0 Å². The topological polar surface area (TPSA) is 79.8 Å². The van der Waals surface area contributed by atoms with Crippen molar-refractivity contribution in [2.75, 3.05) is 54.5 Å². The van der Waals surface area contributed by atoms with E-state index in [1.165, 1.54) is 0 Å². The lowest BCUT2D eigenvalue weighted by molar-refractivity contribution is -0.120. The highest BCUT2D eigenvalue weighted by Crippen LogP contribution is 2.32. The molecule has 8 nitrogen and oxygen atoms in total. The summed E-state index contributed by atoms with van der Waals surface area (Å²) in [6.45, 7) is 6.66. The Morgan fingerprint density at radius 3 is 2.57 bits per heavy atom. The molecular weight excluding hydrogens is 442 g/mol. The molecule has 5 rings (SSSR count). The number of morpholine rings is 1. The molecule has 1 aromatic heterocycles. The number of nitrogens with zero attached hydrogens (tertiary/aromatic N) is 4. The highest BCUT2D eigenvalue weighted by atomic mass is 16.5. The molecule has 2 aliphatic heterocycles. The maximum absolute atomic E-state index is 13.1. The van der Waals surface area contributed by atoms with Crippen LogP contribution in [0.1, 0.15) is 18.4 Å². The maximum atomic E-state index is 13.1. The molecule has 35 heavy (non-hydrogen) atoms. The number of hydrogen-bond donors (Lipinski definition) is 1. The quantitative estimate of drug-likeness (QED) is 0.573. The van der Waals surface area contributed by atoms with Crippen LogP contribution in [0.2, 0.25) is 0 Å². The van der Waals surface area contributed by atoms with Crippen LogP contribution in [0.15, 0.2) is 60.9 Å². The minimum Gasteiger partial charge on any atom is -0.436 e. The van der Waals surface area contributed by atoms with Crippen molar-refractivity contribution in [2.45, 2.75) is 19.8 Å². The van der Waals surface area contributed by atoms with E-state index in [0.29, 0.717) is 18.2 Å². The van der Waals surface area contributed by atoms with Crippen molar-refractivity contribution in [2.24, 2.45) is 5.92 Å². The molecular formula is C27H31N5O3. The van der Waals surface area contributed by atoms with Gasteiger partial charge in [0.25, 0.3) is 5.88 Å². The lowest BCUT2D eigenvalue weighted by atomic mass is 9.97. The zero-order chi connectivity index (χ0) is 24.0. The van der Waals surface area contributed by atoms with Crippen LogP contribution in [-0.2, 0) is 9.53 Å². The van der Waals surface area contributed by atoms with Gasteiger partial charge < -0.3 is 24.6 Å². The number of para-hydroxylation sites is 1. The number of aryl methyl sites for hydroxylation is 1. The Morgan fingerprint density at radius 1 is 1.00 bits per heavy atom. The third kappa shape index (κ3) is 5.54. The zero-order valence-electron chi connectivity index (χ0n) is 20.0. The minimum absolute atomic E-state index is 0.0269. The number of carbonyl (C=O) groups is 1. The molecule has 8 heteroatoms. The first-order valence-corrected chi connectivity index (χ1v) is 12.2. The summed E-state index contributed by atoms with van der Waals surface area (Å²) in [7, 11) is 0. The van der Waals surface area contributed by atoms with E-state index in [0.717, 1.165) is 68.4 Å². The summed E-state index contributed by atoms with van der Waals surface area (Å²) in [5, 5.41) is 3.10. The third-order valence-electron chi connectivity index (χ3n) is 6.55. The van der Waals surface area contributed by atoms with Crippen LogP contribution < -0.4 is 19.9 Å². The number of anilines is 3. The minimum atomic E-state index is -0.143. The summed E-state index contributed by atoms with van der Waals surface area (Å²) in [5.74, 6) is 1.76. The van der Waals surface area contributed by atoms with E-state index in [4.69, 9.17) is 9.47 Å². The maximum Gasteiger partial charge on any atom is 0.263 e. The first kappa shape index (κ1) is 23.1. The van der Waals surface area contributed by atoms with E-state index >= 15 is 0 Å². The highest BCUT2D eigenvalue weighted by molar-refractivity contribution is 5.93. The Bertz CT molecular complexity index is 1150. The average Bonchev–Trinajstić information content (AvgIpc) is 2.91. The van der Waals surface area contributed by atoms with Gasteiger partial charge in [0.2, 0.25) is 5.91 Å². The highest BCUT2D eigenvalue weighted by Gasteiger charge is 2.29. The van der Waals surface area contributed by atoms with Gasteiger partial charge in [-0.2, -0.15) is 0 Å². The van der Waals surface area contributed by atoms with Crippen LogP contribution in [0.5, 0.6) is 11.6 Å². The smallest absolute Gasteiger partial charge is 0.263 e. The Hall–Kier alpha value is -3.65. The predicted octanol–water partition coefficient (Wildman–Crippen LogP) is 4.27. The van der Waals surface area contributed by atoms with Crippen molar-refractivity contribution in [3.63, 3.8) is 0 Å². The lowest BCUT2D eigenvalue weighted by Gasteiger charge is -2.33. The van der Waals surface area contributed by atoms with E-state index in [1.807, 2.05) is 43.3 Å². The number of aromatic nitrogens is 2. The second-order valence-electron chi connectivity index (χ2n) is 8.97. The molecule has 2 aromatic carbocycles. The number of ether oxygens (including phenoxy) is 2. The Balaban J connectivity index is 1.24. The number of amides is 1. The Morgan fingerprint density at radius 2 is 1.77 bits per heavy atom. The summed E-state index contributed by atoms with van der Waals surface area (Å²) < 4.78 is 11.5. The summed E-state index contributed by atoms with van der Waals surface area (Å²) in [5.41, 5.74) is 2.99. The summed E-state index contributed by atoms with van der Waals surface area (Å²) in [6.07, 6.45) is 5.03. The van der Waals surface area contributed by atoms with Crippen LogP contribution in [0.25, 0.3) is 0 Å². The first-order chi connectivity index (χ1) is 17.2. The molecule has 2 fully saturated rings. The normalized spacial score (nSPS) is 18.3. The van der Waals surface area contributed by atoms with Crippen LogP contribution in [0.4, 0.5) is 17.2 Å². The molecule has 0 saturated carbocycles. The molecule has 2 aliphatic rings. The standard InChI is InChI=1S/C27H31N5O3/c1-20-5-2-3-7-24(20)35-27-25(28-12-13-29-27)32-14-4-6-21(19-32)26(33)30-22-8-10-23(11-9-22)31-15-17-34-18-16-31/h2-3,5,7-13,21H,4,6,14-19H2,1H3,(H,30,33)/t21-/m0/s1. The van der Waals surface area contributed by atoms with E-state index in [2.05, 4.69) is 37.2 Å². The largest absolute Gasteiger partial charge is 0.436 e.